The van der Waals surface area contributed by atoms with E-state index in [1.54, 1.807) is 18.9 Å². The van der Waals surface area contributed by atoms with Crippen LogP contribution in [0.5, 0.6) is 0 Å². The molecule has 0 saturated carbocycles. The normalized spacial score (nSPS) is 34.3. The number of Topliss-reactive ketones (excluding diaryl/α,β-unsaturated/α-hetero) is 2. The number of halogens is 1. The highest BCUT2D eigenvalue weighted by atomic mass is 35.5. The van der Waals surface area contributed by atoms with Crippen molar-refractivity contribution in [2.45, 2.75) is 57.0 Å². The van der Waals surface area contributed by atoms with Crippen molar-refractivity contribution in [1.29, 1.82) is 0 Å². The molecule has 1 aliphatic carbocycles. The molecule has 1 spiro atoms. The molecule has 2 heterocycles. The highest BCUT2D eigenvalue weighted by Gasteiger charge is 2.59. The summed E-state index contributed by atoms with van der Waals surface area (Å²) < 4.78 is 11.0. The third kappa shape index (κ3) is 2.52. The van der Waals surface area contributed by atoms with Gasteiger partial charge in [-0.2, -0.15) is 0 Å². The van der Waals surface area contributed by atoms with Gasteiger partial charge in [-0.25, -0.2) is 0 Å². The van der Waals surface area contributed by atoms with Crippen LogP contribution in [0.25, 0.3) is 0 Å². The number of fused-ring (bicyclic) bond motifs is 1. The summed E-state index contributed by atoms with van der Waals surface area (Å²) in [7, 11) is 1.69. The van der Waals surface area contributed by atoms with E-state index in [1.807, 2.05) is 0 Å². The summed E-state index contributed by atoms with van der Waals surface area (Å²) in [5.74, 6) is -2.16. The third-order valence-corrected chi connectivity index (χ3v) is 5.64. The Balaban J connectivity index is 2.08. The number of ketones is 2. The Labute approximate surface area is 156 Å². The molecule has 2 aliphatic heterocycles. The SMILES string of the molecule is CCCC(=O)O[C@@]1(C)C(=O)C2=CN(C)[C@@]3(CCCO3)[C@@H](O)C2=C(Cl)C1=O. The second kappa shape index (κ2) is 6.48. The van der Waals surface area contributed by atoms with E-state index in [1.165, 1.54) is 13.1 Å². The average Bonchev–Trinajstić information content (AvgIpc) is 3.08. The standard InChI is InChI=1S/C18H22ClNO6/c1-4-6-11(21)26-17(2)14(22)10-9-20(3)18(7-5-8-25-18)15(23)12(10)13(19)16(17)24/h9,15,23H,4-8H2,1-3H3/t15-,17-,18+/m0/s1. The molecule has 142 valence electrons. The first kappa shape index (κ1) is 19.1. The van der Waals surface area contributed by atoms with Gasteiger partial charge >= 0.3 is 5.97 Å². The van der Waals surface area contributed by atoms with Gasteiger partial charge in [-0.3, -0.25) is 14.4 Å². The number of esters is 1. The Morgan fingerprint density at radius 3 is 2.73 bits per heavy atom. The predicted octanol–water partition coefficient (Wildman–Crippen LogP) is 1.43. The maximum Gasteiger partial charge on any atom is 0.307 e. The Hall–Kier alpha value is -1.70. The number of aliphatic hydroxyl groups excluding tert-OH is 1. The van der Waals surface area contributed by atoms with E-state index in [0.717, 1.165) is 6.42 Å². The van der Waals surface area contributed by atoms with Crippen LogP contribution in [0.15, 0.2) is 22.4 Å². The fraction of sp³-hybridized carbons (Fsp3) is 0.611. The number of carbonyl (C=O) groups is 3. The number of nitrogens with zero attached hydrogens (tertiary/aromatic N) is 1. The Kier molecular flexibility index (Phi) is 4.75. The zero-order valence-corrected chi connectivity index (χ0v) is 15.8. The van der Waals surface area contributed by atoms with Gasteiger partial charge in [0.2, 0.25) is 17.2 Å². The van der Waals surface area contributed by atoms with Crippen molar-refractivity contribution in [3.8, 4) is 0 Å². The molecule has 3 rings (SSSR count). The van der Waals surface area contributed by atoms with Crippen LogP contribution >= 0.6 is 11.6 Å². The lowest BCUT2D eigenvalue weighted by molar-refractivity contribution is -0.172. The van der Waals surface area contributed by atoms with Gasteiger partial charge in [-0.15, -0.1) is 0 Å². The van der Waals surface area contributed by atoms with Crippen LogP contribution in [0.1, 0.15) is 39.5 Å². The monoisotopic (exact) mass is 383 g/mol. The maximum atomic E-state index is 13.0. The number of hydrogen-bond acceptors (Lipinski definition) is 7. The van der Waals surface area contributed by atoms with Gasteiger partial charge in [0.1, 0.15) is 6.10 Å². The number of hydrogen-bond donors (Lipinski definition) is 1. The molecule has 0 amide bonds. The van der Waals surface area contributed by atoms with Crippen LogP contribution in [0.4, 0.5) is 0 Å². The molecule has 1 N–H and O–H groups in total. The van der Waals surface area contributed by atoms with Gasteiger partial charge in [-0.05, 0) is 19.8 Å². The van der Waals surface area contributed by atoms with Crippen LogP contribution in [-0.2, 0) is 23.9 Å². The van der Waals surface area contributed by atoms with Crippen molar-refractivity contribution >= 4 is 29.1 Å². The summed E-state index contributed by atoms with van der Waals surface area (Å²) in [6.07, 6.45) is 2.14. The zero-order valence-electron chi connectivity index (χ0n) is 15.0. The van der Waals surface area contributed by atoms with E-state index >= 15 is 0 Å². The van der Waals surface area contributed by atoms with Gasteiger partial charge in [0, 0.05) is 43.8 Å². The molecule has 3 aliphatic rings. The van der Waals surface area contributed by atoms with Crippen molar-refractivity contribution in [3.05, 3.63) is 22.4 Å². The molecule has 0 aromatic rings. The van der Waals surface area contributed by atoms with E-state index in [2.05, 4.69) is 0 Å². The number of ether oxygens (including phenoxy) is 2. The molecule has 7 nitrogen and oxygen atoms in total. The lowest BCUT2D eigenvalue weighted by Gasteiger charge is -2.47. The van der Waals surface area contributed by atoms with Crippen LogP contribution in [0.3, 0.4) is 0 Å². The number of likely N-dealkylation sites (N-methyl/N-ethyl adjacent to an activating group) is 1. The summed E-state index contributed by atoms with van der Waals surface area (Å²) in [5.41, 5.74) is -2.96. The molecule has 0 unspecified atom stereocenters. The molecule has 0 aromatic carbocycles. The molecule has 26 heavy (non-hydrogen) atoms. The Bertz CT molecular complexity index is 736. The maximum absolute atomic E-state index is 13.0. The molecule has 3 atom stereocenters. The van der Waals surface area contributed by atoms with E-state index in [-0.39, 0.29) is 22.6 Å². The average molecular weight is 384 g/mol. The smallest absolute Gasteiger partial charge is 0.307 e. The first-order chi connectivity index (χ1) is 12.2. The molecule has 8 heteroatoms. The molecular weight excluding hydrogens is 362 g/mol. The van der Waals surface area contributed by atoms with Crippen molar-refractivity contribution < 1.29 is 29.0 Å². The minimum Gasteiger partial charge on any atom is -0.442 e. The molecule has 0 aromatic heterocycles. The topological polar surface area (TPSA) is 93.1 Å². The van der Waals surface area contributed by atoms with Gasteiger partial charge in [-0.1, -0.05) is 18.5 Å². The lowest BCUT2D eigenvalue weighted by Crippen LogP contribution is -2.61. The predicted molar refractivity (Wildman–Crippen MR) is 92.1 cm³/mol. The Morgan fingerprint density at radius 2 is 2.15 bits per heavy atom. The first-order valence-corrected chi connectivity index (χ1v) is 9.05. The van der Waals surface area contributed by atoms with Crippen molar-refractivity contribution in [3.63, 3.8) is 0 Å². The molecule has 1 fully saturated rings. The van der Waals surface area contributed by atoms with Crippen molar-refractivity contribution in [2.24, 2.45) is 0 Å². The van der Waals surface area contributed by atoms with E-state index < -0.39 is 35.0 Å². The fourth-order valence-corrected chi connectivity index (χ4v) is 4.15. The summed E-state index contributed by atoms with van der Waals surface area (Å²) in [6.45, 7) is 3.49. The summed E-state index contributed by atoms with van der Waals surface area (Å²) in [5, 5.41) is 10.6. The zero-order chi connectivity index (χ0) is 19.3. The van der Waals surface area contributed by atoms with Gasteiger partial charge in [0.15, 0.2) is 5.72 Å². The van der Waals surface area contributed by atoms with Crippen LogP contribution in [0, 0.1) is 0 Å². The van der Waals surface area contributed by atoms with E-state index in [4.69, 9.17) is 21.1 Å². The van der Waals surface area contributed by atoms with Gasteiger partial charge in [0.05, 0.1) is 5.03 Å². The van der Waals surface area contributed by atoms with E-state index in [9.17, 15) is 19.5 Å². The molecular formula is C18H22ClNO6. The molecule has 0 bridgehead atoms. The third-order valence-electron chi connectivity index (χ3n) is 5.26. The fourth-order valence-electron chi connectivity index (χ4n) is 3.77. The summed E-state index contributed by atoms with van der Waals surface area (Å²) in [4.78, 5) is 39.4. The van der Waals surface area contributed by atoms with Gasteiger partial charge < -0.3 is 19.5 Å². The van der Waals surface area contributed by atoms with E-state index in [0.29, 0.717) is 19.4 Å². The molecule has 1 saturated heterocycles. The van der Waals surface area contributed by atoms with Crippen LogP contribution in [0.2, 0.25) is 0 Å². The van der Waals surface area contributed by atoms with Crippen LogP contribution < -0.4 is 0 Å². The first-order valence-electron chi connectivity index (χ1n) is 8.67. The number of carbonyl (C=O) groups excluding carboxylic acids is 3. The Morgan fingerprint density at radius 1 is 1.46 bits per heavy atom. The second-order valence-corrected chi connectivity index (χ2v) is 7.37. The minimum atomic E-state index is -2.03. The summed E-state index contributed by atoms with van der Waals surface area (Å²) in [6, 6.07) is 0. The van der Waals surface area contributed by atoms with Crippen molar-refractivity contribution in [2.75, 3.05) is 13.7 Å². The minimum absolute atomic E-state index is 0.0469. The molecule has 0 radical (unpaired) electrons. The second-order valence-electron chi connectivity index (χ2n) is 7.00. The number of aliphatic hydroxyl groups is 1. The highest BCUT2D eigenvalue weighted by Crippen LogP contribution is 2.46. The number of rotatable bonds is 3. The quantitative estimate of drug-likeness (QED) is 0.582. The van der Waals surface area contributed by atoms with Crippen molar-refractivity contribution in [1.82, 2.24) is 4.90 Å². The van der Waals surface area contributed by atoms with Crippen LogP contribution in [-0.4, -0.2) is 58.6 Å². The largest absolute Gasteiger partial charge is 0.442 e. The lowest BCUT2D eigenvalue weighted by atomic mass is 9.74. The van der Waals surface area contributed by atoms with Gasteiger partial charge in [0.25, 0.3) is 0 Å². The highest BCUT2D eigenvalue weighted by molar-refractivity contribution is 6.49. The summed E-state index contributed by atoms with van der Waals surface area (Å²) >= 11 is 6.27.